The monoisotopic (exact) mass is 227 g/mol. The van der Waals surface area contributed by atoms with Gasteiger partial charge < -0.3 is 14.6 Å². The first-order valence-corrected chi connectivity index (χ1v) is 5.61. The summed E-state index contributed by atoms with van der Waals surface area (Å²) in [5.41, 5.74) is 0.940. The minimum Gasteiger partial charge on any atom is -0.380 e. The van der Waals surface area contributed by atoms with Crippen LogP contribution >= 0.6 is 0 Å². The number of likely N-dealkylation sites (N-methyl/N-ethyl adjacent to an activating group) is 1. The Morgan fingerprint density at radius 2 is 2.38 bits per heavy atom. The highest BCUT2D eigenvalue weighted by molar-refractivity contribution is 5.04. The zero-order chi connectivity index (χ0) is 11.8. The summed E-state index contributed by atoms with van der Waals surface area (Å²) in [4.78, 5) is 2.15. The molecular formula is C11H21N3O2. The Morgan fingerprint density at radius 3 is 3.06 bits per heavy atom. The Kier molecular flexibility index (Phi) is 6.07. The van der Waals surface area contributed by atoms with E-state index in [2.05, 4.69) is 15.4 Å². The van der Waals surface area contributed by atoms with E-state index in [4.69, 9.17) is 9.26 Å². The van der Waals surface area contributed by atoms with Crippen LogP contribution in [0.4, 0.5) is 0 Å². The van der Waals surface area contributed by atoms with E-state index in [9.17, 15) is 0 Å². The molecule has 0 spiro atoms. The Labute approximate surface area is 96.7 Å². The minimum atomic E-state index is 0.742. The maximum absolute atomic E-state index is 5.29. The fourth-order valence-electron chi connectivity index (χ4n) is 1.40. The number of aromatic nitrogens is 1. The molecule has 5 heteroatoms. The first-order valence-electron chi connectivity index (χ1n) is 5.61. The quantitative estimate of drug-likeness (QED) is 0.668. The molecule has 0 aliphatic carbocycles. The van der Waals surface area contributed by atoms with Gasteiger partial charge in [-0.15, -0.1) is 0 Å². The molecule has 16 heavy (non-hydrogen) atoms. The van der Waals surface area contributed by atoms with Crippen molar-refractivity contribution in [2.75, 3.05) is 33.9 Å². The Morgan fingerprint density at radius 1 is 1.56 bits per heavy atom. The largest absolute Gasteiger partial charge is 0.380 e. The normalized spacial score (nSPS) is 11.2. The van der Waals surface area contributed by atoms with Crippen LogP contribution in [0, 0.1) is 0 Å². The Balaban J connectivity index is 2.28. The van der Waals surface area contributed by atoms with Gasteiger partial charge in [-0.05, 0) is 21.0 Å². The van der Waals surface area contributed by atoms with E-state index in [1.54, 1.807) is 0 Å². The third-order valence-corrected chi connectivity index (χ3v) is 2.21. The molecule has 0 amide bonds. The van der Waals surface area contributed by atoms with Gasteiger partial charge in [-0.3, -0.25) is 4.90 Å². The van der Waals surface area contributed by atoms with Gasteiger partial charge in [0.15, 0.2) is 5.76 Å². The molecule has 0 fully saturated rings. The maximum Gasteiger partial charge on any atom is 0.151 e. The van der Waals surface area contributed by atoms with Gasteiger partial charge in [-0.25, -0.2) is 0 Å². The second-order valence-electron chi connectivity index (χ2n) is 3.75. The first kappa shape index (κ1) is 13.2. The predicted molar refractivity (Wildman–Crippen MR) is 62.1 cm³/mol. The molecule has 1 N–H and O–H groups in total. The molecule has 0 unspecified atom stereocenters. The van der Waals surface area contributed by atoms with Crippen LogP contribution < -0.4 is 5.32 Å². The van der Waals surface area contributed by atoms with Gasteiger partial charge in [0.1, 0.15) is 0 Å². The molecule has 1 heterocycles. The molecule has 0 saturated carbocycles. The molecule has 0 aliphatic heterocycles. The number of ether oxygens (including phenoxy) is 1. The highest BCUT2D eigenvalue weighted by Gasteiger charge is 2.06. The van der Waals surface area contributed by atoms with Crippen molar-refractivity contribution in [3.05, 3.63) is 17.5 Å². The van der Waals surface area contributed by atoms with Crippen molar-refractivity contribution in [2.24, 2.45) is 0 Å². The van der Waals surface area contributed by atoms with Crippen molar-refractivity contribution in [1.82, 2.24) is 15.4 Å². The van der Waals surface area contributed by atoms with Gasteiger partial charge in [-0.2, -0.15) is 0 Å². The summed E-state index contributed by atoms with van der Waals surface area (Å²) in [6, 6.07) is 1.98. The smallest absolute Gasteiger partial charge is 0.151 e. The topological polar surface area (TPSA) is 50.5 Å². The van der Waals surface area contributed by atoms with Crippen molar-refractivity contribution in [3.8, 4) is 0 Å². The summed E-state index contributed by atoms with van der Waals surface area (Å²) in [7, 11) is 3.93. The van der Waals surface area contributed by atoms with Gasteiger partial charge in [0, 0.05) is 25.8 Å². The third-order valence-electron chi connectivity index (χ3n) is 2.21. The summed E-state index contributed by atoms with van der Waals surface area (Å²) in [6.45, 7) is 5.93. The zero-order valence-electron chi connectivity index (χ0n) is 10.3. The third kappa shape index (κ3) is 4.74. The lowest BCUT2D eigenvalue weighted by Gasteiger charge is -2.13. The van der Waals surface area contributed by atoms with Crippen LogP contribution in [0.1, 0.15) is 18.4 Å². The van der Waals surface area contributed by atoms with E-state index in [0.29, 0.717) is 0 Å². The average Bonchev–Trinajstić information content (AvgIpc) is 2.66. The second kappa shape index (κ2) is 7.38. The second-order valence-corrected chi connectivity index (χ2v) is 3.75. The van der Waals surface area contributed by atoms with Crippen molar-refractivity contribution in [3.63, 3.8) is 0 Å². The maximum atomic E-state index is 5.29. The van der Waals surface area contributed by atoms with Gasteiger partial charge >= 0.3 is 0 Å². The van der Waals surface area contributed by atoms with Crippen molar-refractivity contribution < 1.29 is 9.26 Å². The highest BCUT2D eigenvalue weighted by atomic mass is 16.5. The van der Waals surface area contributed by atoms with Gasteiger partial charge in [0.2, 0.25) is 0 Å². The van der Waals surface area contributed by atoms with Crippen LogP contribution in [-0.4, -0.2) is 43.9 Å². The van der Waals surface area contributed by atoms with E-state index in [0.717, 1.165) is 44.3 Å². The summed E-state index contributed by atoms with van der Waals surface area (Å²) >= 11 is 0. The Bertz CT molecular complexity index is 289. The molecule has 0 saturated heterocycles. The number of rotatable bonds is 8. The van der Waals surface area contributed by atoms with Crippen LogP contribution in [-0.2, 0) is 17.8 Å². The van der Waals surface area contributed by atoms with E-state index < -0.39 is 0 Å². The lowest BCUT2D eigenvalue weighted by atomic mass is 10.3. The summed E-state index contributed by atoms with van der Waals surface area (Å²) in [5.74, 6) is 0.893. The molecule has 0 radical (unpaired) electrons. The van der Waals surface area contributed by atoms with E-state index >= 15 is 0 Å². The minimum absolute atomic E-state index is 0.742. The molecule has 1 aromatic heterocycles. The fraction of sp³-hybridized carbons (Fsp3) is 0.727. The predicted octanol–water partition coefficient (Wildman–Crippen LogP) is 0.862. The SMILES string of the molecule is CCOCCN(C)Cc1cc(CNC)no1. The summed E-state index contributed by atoms with van der Waals surface area (Å²) in [6.07, 6.45) is 0. The van der Waals surface area contributed by atoms with Gasteiger partial charge in [0.05, 0.1) is 18.8 Å². The number of nitrogens with one attached hydrogen (secondary N) is 1. The van der Waals surface area contributed by atoms with Crippen molar-refractivity contribution in [1.29, 1.82) is 0 Å². The van der Waals surface area contributed by atoms with Crippen LogP contribution in [0.25, 0.3) is 0 Å². The first-order chi connectivity index (χ1) is 7.76. The standard InChI is InChI=1S/C11H21N3O2/c1-4-15-6-5-14(3)9-11-7-10(8-12-2)13-16-11/h7,12H,4-6,8-9H2,1-3H3. The molecule has 0 bridgehead atoms. The summed E-state index contributed by atoms with van der Waals surface area (Å²) < 4.78 is 10.5. The molecule has 0 atom stereocenters. The van der Waals surface area contributed by atoms with Gasteiger partial charge in [0.25, 0.3) is 0 Å². The van der Waals surface area contributed by atoms with Crippen molar-refractivity contribution >= 4 is 0 Å². The van der Waals surface area contributed by atoms with E-state index in [1.807, 2.05) is 27.1 Å². The number of nitrogens with zero attached hydrogens (tertiary/aromatic N) is 2. The molecular weight excluding hydrogens is 206 g/mol. The molecule has 92 valence electrons. The lowest BCUT2D eigenvalue weighted by Crippen LogP contribution is -2.22. The van der Waals surface area contributed by atoms with Crippen molar-refractivity contribution in [2.45, 2.75) is 20.0 Å². The highest BCUT2D eigenvalue weighted by Crippen LogP contribution is 2.05. The van der Waals surface area contributed by atoms with Gasteiger partial charge in [-0.1, -0.05) is 5.16 Å². The molecule has 1 rings (SSSR count). The summed E-state index contributed by atoms with van der Waals surface area (Å²) in [5, 5.41) is 7.00. The van der Waals surface area contributed by atoms with Crippen LogP contribution in [0.2, 0.25) is 0 Å². The molecule has 5 nitrogen and oxygen atoms in total. The molecule has 0 aromatic carbocycles. The van der Waals surface area contributed by atoms with Crippen LogP contribution in [0.5, 0.6) is 0 Å². The van der Waals surface area contributed by atoms with E-state index in [1.165, 1.54) is 0 Å². The fourth-order valence-corrected chi connectivity index (χ4v) is 1.40. The average molecular weight is 227 g/mol. The lowest BCUT2D eigenvalue weighted by molar-refractivity contribution is 0.117. The number of hydrogen-bond donors (Lipinski definition) is 1. The molecule has 0 aliphatic rings. The Hall–Kier alpha value is -0.910. The van der Waals surface area contributed by atoms with Crippen LogP contribution in [0.3, 0.4) is 0 Å². The zero-order valence-corrected chi connectivity index (χ0v) is 10.3. The van der Waals surface area contributed by atoms with E-state index in [-0.39, 0.29) is 0 Å². The number of hydrogen-bond acceptors (Lipinski definition) is 5. The molecule has 1 aromatic rings. The van der Waals surface area contributed by atoms with Crippen LogP contribution in [0.15, 0.2) is 10.6 Å².